The lowest BCUT2D eigenvalue weighted by molar-refractivity contribution is 1.18. The number of rotatable bonds is 10. The average molecular weight is 1820 g/mol. The minimum atomic E-state index is 0.715. The van der Waals surface area contributed by atoms with Gasteiger partial charge in [0.1, 0.15) is 33.5 Å². The standard InChI is InChI=1S/C46H28N4S.C40H24N4S.C36H21N5S/c1-4-14-29(15-5-1)31-24-32(30-16-6-2-7-17-30)26-34(25-31)50-39-23-13-11-21-36(39)42-43-40(41-37-27-47-28-48-46(37)51-45(41)44(42)50)35-20-10-12-22-38(35)49(43)33-18-8-3-9-19-33;1-3-11-25(12-4-1)26-19-21-28(22-20-26)44-33-18-10-8-16-30(33)36-37-34(35-31-23-41-24-42-40(31)45-39(35)38(36)44)29-15-7-9-17-32(29)43(37)27-13-5-2-6-14-27;1-2-8-22(9-3-1)32-28-11-4-6-12-30(28)39-35(40-32)23-14-16-24(17-15-23)41-31-13-7-5-10-25(31)26-18-19-27-29-20-37-21-38-36(29)42-34(27)33(26)41/h1-28H;1-24H;1-21H. The van der Waals surface area contributed by atoms with Crippen molar-refractivity contribution >= 4 is 215 Å². The maximum Gasteiger partial charge on any atom is 0.160 e. The van der Waals surface area contributed by atoms with Crippen molar-refractivity contribution in [2.75, 3.05) is 0 Å². The molecule has 0 fully saturated rings. The molecule has 138 heavy (non-hydrogen) atoms. The van der Waals surface area contributed by atoms with E-state index >= 15 is 0 Å². The van der Waals surface area contributed by atoms with Crippen molar-refractivity contribution in [2.45, 2.75) is 0 Å². The van der Waals surface area contributed by atoms with Gasteiger partial charge in [-0.15, -0.1) is 34.0 Å². The second-order valence-corrected chi connectivity index (χ2v) is 37.8. The van der Waals surface area contributed by atoms with Gasteiger partial charge < -0.3 is 22.8 Å². The molecule has 0 saturated heterocycles. The number of hydrogen-bond donors (Lipinski definition) is 0. The molecule has 12 aromatic heterocycles. The first kappa shape index (κ1) is 78.8. The number of para-hydroxylation sites is 8. The molecule has 13 nitrogen and oxygen atoms in total. The van der Waals surface area contributed by atoms with Crippen LogP contribution in [0.25, 0.3) is 265 Å². The number of hydrogen-bond acceptors (Lipinski definition) is 11. The van der Waals surface area contributed by atoms with Crippen LogP contribution in [0.1, 0.15) is 0 Å². The highest BCUT2D eigenvalue weighted by Gasteiger charge is 2.31. The van der Waals surface area contributed by atoms with E-state index in [0.29, 0.717) is 5.82 Å². The van der Waals surface area contributed by atoms with Crippen LogP contribution in [0.4, 0.5) is 0 Å². The number of thiophene rings is 3. The minimum Gasteiger partial charge on any atom is -0.309 e. The molecule has 16 heteroatoms. The smallest absolute Gasteiger partial charge is 0.160 e. The fraction of sp³-hybridized carbons (Fsp3) is 0. The van der Waals surface area contributed by atoms with Crippen LogP contribution in [-0.2, 0) is 0 Å². The van der Waals surface area contributed by atoms with Gasteiger partial charge in [0, 0.05) is 150 Å². The third-order valence-corrected chi connectivity index (χ3v) is 30.7. The summed E-state index contributed by atoms with van der Waals surface area (Å²) in [5.41, 5.74) is 28.6. The van der Waals surface area contributed by atoms with Gasteiger partial charge in [-0.3, -0.25) is 0 Å². The van der Waals surface area contributed by atoms with Gasteiger partial charge in [0.05, 0.1) is 80.5 Å². The summed E-state index contributed by atoms with van der Waals surface area (Å²) in [6, 6.07) is 145. The van der Waals surface area contributed by atoms with Crippen LogP contribution in [0.15, 0.2) is 444 Å². The molecular weight excluding hydrogens is 1740 g/mol. The van der Waals surface area contributed by atoms with Crippen molar-refractivity contribution in [1.29, 1.82) is 0 Å². The van der Waals surface area contributed by atoms with Gasteiger partial charge in [-0.05, 0) is 149 Å². The summed E-state index contributed by atoms with van der Waals surface area (Å²) in [6.45, 7) is 0. The summed E-state index contributed by atoms with van der Waals surface area (Å²) in [6.07, 6.45) is 10.9. The van der Waals surface area contributed by atoms with E-state index < -0.39 is 0 Å². The first-order chi connectivity index (χ1) is 68.5. The fourth-order valence-electron chi connectivity index (χ4n) is 21.4. The third kappa shape index (κ3) is 12.4. The predicted octanol–water partition coefficient (Wildman–Crippen LogP) is 32.3. The van der Waals surface area contributed by atoms with Crippen LogP contribution in [0.5, 0.6) is 0 Å². The van der Waals surface area contributed by atoms with Crippen molar-refractivity contribution in [3.05, 3.63) is 444 Å². The van der Waals surface area contributed by atoms with E-state index in [1.807, 2.05) is 48.9 Å². The van der Waals surface area contributed by atoms with Gasteiger partial charge >= 0.3 is 0 Å². The van der Waals surface area contributed by atoms with Gasteiger partial charge in [-0.1, -0.05) is 291 Å². The molecule has 0 amide bonds. The zero-order valence-corrected chi connectivity index (χ0v) is 76.1. The lowest BCUT2D eigenvalue weighted by Gasteiger charge is -2.15. The summed E-state index contributed by atoms with van der Waals surface area (Å²) < 4.78 is 15.9. The molecule has 30 rings (SSSR count). The highest BCUT2D eigenvalue weighted by atomic mass is 32.1. The molecule has 12 heterocycles. The molecule has 0 saturated carbocycles. The van der Waals surface area contributed by atoms with E-state index in [0.717, 1.165) is 86.8 Å². The lowest BCUT2D eigenvalue weighted by atomic mass is 9.98. The molecular formula is C122H73N13S3. The molecule has 0 radical (unpaired) electrons. The number of benzene rings is 18. The molecule has 0 spiro atoms. The SMILES string of the molecule is c1ccc(-c2cc(-c3ccccc3)cc(-n3c4ccccc4c4c3c3sc5ncncc5c3c3c5ccccc5n(-c5ccccc5)c34)c2)cc1.c1ccc(-c2ccc(-n3c4ccccc4c4c3c3sc5ncncc5c3c3c5ccccc5n(-c5ccccc5)c34)cc2)cc1.c1ccc(-c2nc(-c3ccc(-n4c5ccccc5c5ccc6c7cncnc7sc6c54)cc3)nc3ccccc23)cc1. The molecule has 644 valence electrons. The molecule has 0 atom stereocenters. The molecule has 0 aliphatic heterocycles. The normalized spacial score (nSPS) is 11.9. The Hall–Kier alpha value is -17.8. The Balaban J connectivity index is 0.000000103. The van der Waals surface area contributed by atoms with Crippen LogP contribution < -0.4 is 0 Å². The fourth-order valence-corrected chi connectivity index (χ4v) is 24.9. The minimum absolute atomic E-state index is 0.715. The van der Waals surface area contributed by atoms with Crippen LogP contribution in [-0.4, -0.2) is 62.7 Å². The average Bonchev–Trinajstić information content (AvgIpc) is 1.52. The molecule has 0 N–H and O–H groups in total. The Kier molecular flexibility index (Phi) is 18.3. The van der Waals surface area contributed by atoms with Crippen molar-refractivity contribution < 1.29 is 0 Å². The molecule has 18 aromatic carbocycles. The summed E-state index contributed by atoms with van der Waals surface area (Å²) in [5.74, 6) is 0.715. The van der Waals surface area contributed by atoms with Crippen LogP contribution in [0.3, 0.4) is 0 Å². The molecule has 0 aliphatic rings. The van der Waals surface area contributed by atoms with E-state index in [-0.39, 0.29) is 0 Å². The Morgan fingerprint density at radius 2 is 0.522 bits per heavy atom. The number of aromatic nitrogens is 13. The van der Waals surface area contributed by atoms with Crippen LogP contribution in [0, 0.1) is 0 Å². The van der Waals surface area contributed by atoms with Gasteiger partial charge in [0.25, 0.3) is 0 Å². The topological polar surface area (TPSA) is 128 Å². The van der Waals surface area contributed by atoms with Crippen molar-refractivity contribution in [1.82, 2.24) is 62.7 Å². The summed E-state index contributed by atoms with van der Waals surface area (Å²) in [7, 11) is 0. The highest BCUT2D eigenvalue weighted by molar-refractivity contribution is 7.27. The Morgan fingerprint density at radius 1 is 0.188 bits per heavy atom. The monoisotopic (exact) mass is 1820 g/mol. The van der Waals surface area contributed by atoms with Crippen molar-refractivity contribution in [2.24, 2.45) is 0 Å². The number of fused-ring (bicyclic) bond motifs is 32. The maximum atomic E-state index is 5.07. The molecule has 0 bridgehead atoms. The van der Waals surface area contributed by atoms with E-state index in [4.69, 9.17) is 19.9 Å². The summed E-state index contributed by atoms with van der Waals surface area (Å²) in [5, 5.41) is 20.3. The predicted molar refractivity (Wildman–Crippen MR) is 577 cm³/mol. The van der Waals surface area contributed by atoms with E-state index in [1.165, 1.54) is 173 Å². The second kappa shape index (κ2) is 32.0. The van der Waals surface area contributed by atoms with Gasteiger partial charge in [0.2, 0.25) is 0 Å². The first-order valence-electron chi connectivity index (χ1n) is 46.0. The zero-order chi connectivity index (χ0) is 90.6. The van der Waals surface area contributed by atoms with Gasteiger partial charge in [-0.2, -0.15) is 0 Å². The first-order valence-corrected chi connectivity index (χ1v) is 48.5. The van der Waals surface area contributed by atoms with Crippen LogP contribution in [0.2, 0.25) is 0 Å². The van der Waals surface area contributed by atoms with Gasteiger partial charge in [0.15, 0.2) is 5.82 Å². The summed E-state index contributed by atoms with van der Waals surface area (Å²) in [4.78, 5) is 40.6. The summed E-state index contributed by atoms with van der Waals surface area (Å²) >= 11 is 5.25. The number of nitrogens with zero attached hydrogens (tertiary/aromatic N) is 13. The second-order valence-electron chi connectivity index (χ2n) is 34.8. The quantitative estimate of drug-likeness (QED) is 0.132. The van der Waals surface area contributed by atoms with E-state index in [9.17, 15) is 0 Å². The highest BCUT2D eigenvalue weighted by Crippen LogP contribution is 2.55. The van der Waals surface area contributed by atoms with Crippen molar-refractivity contribution in [3.63, 3.8) is 0 Å². The van der Waals surface area contributed by atoms with Gasteiger partial charge in [-0.25, -0.2) is 39.9 Å². The molecule has 0 aliphatic carbocycles. The third-order valence-electron chi connectivity index (χ3n) is 27.3. The lowest BCUT2D eigenvalue weighted by Crippen LogP contribution is -1.97. The molecule has 0 unspecified atom stereocenters. The Labute approximate surface area is 799 Å². The van der Waals surface area contributed by atoms with Crippen molar-refractivity contribution in [3.8, 4) is 84.5 Å². The van der Waals surface area contributed by atoms with Crippen LogP contribution >= 0.6 is 34.0 Å². The zero-order valence-electron chi connectivity index (χ0n) is 73.7. The van der Waals surface area contributed by atoms with E-state index in [1.54, 1.807) is 53.0 Å². The Bertz CT molecular complexity index is 10100. The maximum absolute atomic E-state index is 5.07. The Morgan fingerprint density at radius 3 is 1.00 bits per heavy atom. The molecule has 30 aromatic rings. The van der Waals surface area contributed by atoms with E-state index in [2.05, 4.69) is 419 Å². The largest absolute Gasteiger partial charge is 0.309 e.